The number of carbonyl (C=O) groups excluding carboxylic acids is 1. The molecule has 0 radical (unpaired) electrons. The summed E-state index contributed by atoms with van der Waals surface area (Å²) in [5, 5.41) is 0. The van der Waals surface area contributed by atoms with E-state index in [4.69, 9.17) is 0 Å². The third kappa shape index (κ3) is 6.76. The highest BCUT2D eigenvalue weighted by atomic mass is 32.2. The van der Waals surface area contributed by atoms with E-state index in [0.717, 1.165) is 22.4 Å². The van der Waals surface area contributed by atoms with Gasteiger partial charge in [-0.2, -0.15) is 0 Å². The number of hydrogen-bond acceptors (Lipinski definition) is 4. The molecule has 2 aromatic carbocycles. The van der Waals surface area contributed by atoms with Gasteiger partial charge in [-0.25, -0.2) is 8.42 Å². The number of nitrogens with zero attached hydrogens (tertiary/aromatic N) is 1. The van der Waals surface area contributed by atoms with Gasteiger partial charge in [0.05, 0.1) is 10.6 Å². The van der Waals surface area contributed by atoms with Crippen LogP contribution in [0.3, 0.4) is 0 Å². The third-order valence-corrected chi connectivity index (χ3v) is 5.99. The fourth-order valence-electron chi connectivity index (χ4n) is 2.85. The minimum absolute atomic E-state index is 0.148. The van der Waals surface area contributed by atoms with Crippen molar-refractivity contribution in [2.75, 3.05) is 4.72 Å². The SMILES string of the molecule is CC.CC.Cc1ccc(S(=O)(=O)Nc2cc(C)c(C)cc2C(=O)c2ccnc(C)c2)cc1. The molecule has 6 heteroatoms. The van der Waals surface area contributed by atoms with Gasteiger partial charge in [0.1, 0.15) is 0 Å². The predicted octanol–water partition coefficient (Wildman–Crippen LogP) is 6.40. The molecular formula is C26H34N2O3S. The number of sulfonamides is 1. The zero-order chi connectivity index (χ0) is 24.5. The monoisotopic (exact) mass is 454 g/mol. The first kappa shape index (κ1) is 27.0. The lowest BCUT2D eigenvalue weighted by Crippen LogP contribution is -2.16. The smallest absolute Gasteiger partial charge is 0.261 e. The van der Waals surface area contributed by atoms with Crippen molar-refractivity contribution in [2.45, 2.75) is 60.3 Å². The lowest BCUT2D eigenvalue weighted by Gasteiger charge is -2.15. The number of pyridine rings is 1. The van der Waals surface area contributed by atoms with Crippen LogP contribution in [-0.2, 0) is 10.0 Å². The molecule has 0 spiro atoms. The maximum atomic E-state index is 13.1. The summed E-state index contributed by atoms with van der Waals surface area (Å²) in [5.74, 6) is -0.254. The van der Waals surface area contributed by atoms with E-state index in [2.05, 4.69) is 9.71 Å². The van der Waals surface area contributed by atoms with Gasteiger partial charge in [-0.15, -0.1) is 0 Å². The average molecular weight is 455 g/mol. The summed E-state index contributed by atoms with van der Waals surface area (Å²) in [6.45, 7) is 15.5. The van der Waals surface area contributed by atoms with Gasteiger partial charge in [-0.05, 0) is 75.2 Å². The summed E-state index contributed by atoms with van der Waals surface area (Å²) in [7, 11) is -3.82. The van der Waals surface area contributed by atoms with E-state index in [9.17, 15) is 13.2 Å². The molecule has 172 valence electrons. The van der Waals surface area contributed by atoms with E-state index in [1.807, 2.05) is 48.5 Å². The fourth-order valence-corrected chi connectivity index (χ4v) is 3.92. The standard InChI is InChI=1S/C22H22N2O3S.2C2H6/c1-14-5-7-19(8-6-14)28(26,27)24-21-12-16(3)15(2)11-20(21)22(25)18-9-10-23-17(4)13-18;2*1-2/h5-13,24H,1-4H3;2*1-2H3. The Morgan fingerprint density at radius 2 is 1.38 bits per heavy atom. The van der Waals surface area contributed by atoms with Crippen molar-refractivity contribution in [3.8, 4) is 0 Å². The second-order valence-electron chi connectivity index (χ2n) is 6.92. The molecule has 0 saturated carbocycles. The molecule has 5 nitrogen and oxygen atoms in total. The molecule has 0 unspecified atom stereocenters. The number of ketones is 1. The molecule has 32 heavy (non-hydrogen) atoms. The van der Waals surface area contributed by atoms with Crippen molar-refractivity contribution in [1.29, 1.82) is 0 Å². The molecule has 0 bridgehead atoms. The minimum Gasteiger partial charge on any atom is -0.289 e. The Bertz CT molecular complexity index is 1150. The Kier molecular flexibility index (Phi) is 10.3. The number of benzene rings is 2. The second-order valence-corrected chi connectivity index (χ2v) is 8.60. The molecule has 0 saturated heterocycles. The van der Waals surface area contributed by atoms with Crippen LogP contribution in [0.15, 0.2) is 59.6 Å². The van der Waals surface area contributed by atoms with Gasteiger partial charge < -0.3 is 0 Å². The molecule has 0 amide bonds. The molecule has 0 aliphatic rings. The van der Waals surface area contributed by atoms with Crippen LogP contribution < -0.4 is 4.72 Å². The van der Waals surface area contributed by atoms with Crippen molar-refractivity contribution < 1.29 is 13.2 Å². The normalized spacial score (nSPS) is 10.2. The predicted molar refractivity (Wildman–Crippen MR) is 133 cm³/mol. The van der Waals surface area contributed by atoms with Crippen LogP contribution in [-0.4, -0.2) is 19.2 Å². The van der Waals surface area contributed by atoms with Crippen LogP contribution in [0.25, 0.3) is 0 Å². The highest BCUT2D eigenvalue weighted by Crippen LogP contribution is 2.26. The number of carbonyl (C=O) groups is 1. The lowest BCUT2D eigenvalue weighted by molar-refractivity contribution is 0.103. The molecule has 0 aliphatic carbocycles. The molecule has 0 atom stereocenters. The number of anilines is 1. The Morgan fingerprint density at radius 3 is 1.94 bits per heavy atom. The first-order valence-electron chi connectivity index (χ1n) is 10.9. The first-order chi connectivity index (χ1) is 15.2. The maximum absolute atomic E-state index is 13.1. The van der Waals surface area contributed by atoms with Gasteiger partial charge >= 0.3 is 0 Å². The largest absolute Gasteiger partial charge is 0.289 e. The van der Waals surface area contributed by atoms with E-state index in [0.29, 0.717) is 11.1 Å². The molecule has 3 rings (SSSR count). The number of nitrogens with one attached hydrogen (secondary N) is 1. The van der Waals surface area contributed by atoms with Crippen LogP contribution in [0.1, 0.15) is 66.0 Å². The maximum Gasteiger partial charge on any atom is 0.261 e. The van der Waals surface area contributed by atoms with E-state index >= 15 is 0 Å². The van der Waals surface area contributed by atoms with Crippen molar-refractivity contribution in [2.24, 2.45) is 0 Å². The van der Waals surface area contributed by atoms with Crippen molar-refractivity contribution in [1.82, 2.24) is 4.98 Å². The zero-order valence-corrected chi connectivity index (χ0v) is 21.1. The molecule has 3 aromatic rings. The first-order valence-corrected chi connectivity index (χ1v) is 12.3. The number of aromatic nitrogens is 1. The topological polar surface area (TPSA) is 76.1 Å². The van der Waals surface area contributed by atoms with E-state index in [1.165, 1.54) is 0 Å². The lowest BCUT2D eigenvalue weighted by atomic mass is 9.97. The second kappa shape index (κ2) is 12.2. The molecule has 1 aromatic heterocycles. The van der Waals surface area contributed by atoms with Crippen LogP contribution in [0, 0.1) is 27.7 Å². The van der Waals surface area contributed by atoms with Crippen molar-refractivity contribution in [3.05, 3.63) is 88.2 Å². The summed E-state index contributed by atoms with van der Waals surface area (Å²) in [5.41, 5.74) is 4.53. The summed E-state index contributed by atoms with van der Waals surface area (Å²) in [6, 6.07) is 13.3. The van der Waals surface area contributed by atoms with Gasteiger partial charge in [0.15, 0.2) is 5.78 Å². The van der Waals surface area contributed by atoms with Gasteiger partial charge in [-0.3, -0.25) is 14.5 Å². The van der Waals surface area contributed by atoms with Crippen LogP contribution in [0.5, 0.6) is 0 Å². The van der Waals surface area contributed by atoms with Crippen molar-refractivity contribution in [3.63, 3.8) is 0 Å². The zero-order valence-electron chi connectivity index (χ0n) is 20.3. The van der Waals surface area contributed by atoms with Gasteiger partial charge in [-0.1, -0.05) is 45.4 Å². The van der Waals surface area contributed by atoms with Gasteiger partial charge in [0, 0.05) is 23.0 Å². The third-order valence-electron chi connectivity index (χ3n) is 4.61. The molecular weight excluding hydrogens is 420 g/mol. The Balaban J connectivity index is 0.00000121. The highest BCUT2D eigenvalue weighted by molar-refractivity contribution is 7.92. The summed E-state index contributed by atoms with van der Waals surface area (Å²) < 4.78 is 28.3. The summed E-state index contributed by atoms with van der Waals surface area (Å²) in [6.07, 6.45) is 1.57. The molecule has 1 heterocycles. The van der Waals surface area contributed by atoms with E-state index in [1.54, 1.807) is 61.7 Å². The Morgan fingerprint density at radius 1 is 0.812 bits per heavy atom. The Hall–Kier alpha value is -2.99. The van der Waals surface area contributed by atoms with Crippen LogP contribution >= 0.6 is 0 Å². The fraction of sp³-hybridized carbons (Fsp3) is 0.308. The average Bonchev–Trinajstić information content (AvgIpc) is 2.78. The molecule has 1 N–H and O–H groups in total. The van der Waals surface area contributed by atoms with Crippen LogP contribution in [0.2, 0.25) is 0 Å². The van der Waals surface area contributed by atoms with E-state index < -0.39 is 10.0 Å². The minimum atomic E-state index is -3.82. The number of rotatable bonds is 5. The number of hydrogen-bond donors (Lipinski definition) is 1. The van der Waals surface area contributed by atoms with Crippen LogP contribution in [0.4, 0.5) is 5.69 Å². The summed E-state index contributed by atoms with van der Waals surface area (Å²) in [4.78, 5) is 17.3. The van der Waals surface area contributed by atoms with Gasteiger partial charge in [0.2, 0.25) is 0 Å². The van der Waals surface area contributed by atoms with E-state index in [-0.39, 0.29) is 16.4 Å². The number of aryl methyl sites for hydroxylation is 4. The van der Waals surface area contributed by atoms with Gasteiger partial charge in [0.25, 0.3) is 10.0 Å². The Labute approximate surface area is 193 Å². The highest BCUT2D eigenvalue weighted by Gasteiger charge is 2.21. The molecule has 0 aliphatic heterocycles. The van der Waals surface area contributed by atoms with Crippen molar-refractivity contribution >= 4 is 21.5 Å². The molecule has 0 fully saturated rings. The summed E-state index contributed by atoms with van der Waals surface area (Å²) >= 11 is 0. The quantitative estimate of drug-likeness (QED) is 0.453.